The highest BCUT2D eigenvalue weighted by atomic mass is 32.1. The van der Waals surface area contributed by atoms with Gasteiger partial charge in [0, 0.05) is 22.6 Å². The third kappa shape index (κ3) is 4.51. The third-order valence-corrected chi connectivity index (χ3v) is 6.66. The Morgan fingerprint density at radius 2 is 1.61 bits per heavy atom. The predicted octanol–water partition coefficient (Wildman–Crippen LogP) is 6.58. The van der Waals surface area contributed by atoms with Crippen LogP contribution in [0.5, 0.6) is 0 Å². The molecule has 10 heteroatoms. The van der Waals surface area contributed by atoms with Crippen molar-refractivity contribution in [2.75, 3.05) is 4.90 Å². The van der Waals surface area contributed by atoms with Crippen molar-refractivity contribution in [3.8, 4) is 5.69 Å². The average Bonchev–Trinajstić information content (AvgIpc) is 3.15. The van der Waals surface area contributed by atoms with Crippen molar-refractivity contribution in [2.45, 2.75) is 32.5 Å². The summed E-state index contributed by atoms with van der Waals surface area (Å²) in [5.74, 6) is -0.781. The van der Waals surface area contributed by atoms with E-state index < -0.39 is 34.7 Å². The molecule has 2 heterocycles. The third-order valence-electron chi connectivity index (χ3n) is 5.48. The molecule has 6 nitrogen and oxygen atoms in total. The van der Waals surface area contributed by atoms with Crippen LogP contribution in [0.1, 0.15) is 42.3 Å². The van der Waals surface area contributed by atoms with Gasteiger partial charge in [0.1, 0.15) is 9.83 Å². The van der Waals surface area contributed by atoms with Gasteiger partial charge in [0.05, 0.1) is 16.8 Å². The minimum Gasteiger partial charge on any atom is -0.465 e. The molecule has 2 aromatic heterocycles. The Balaban J connectivity index is 2.08. The number of aromatic nitrogens is 1. The highest BCUT2D eigenvalue weighted by Crippen LogP contribution is 2.42. The summed E-state index contributed by atoms with van der Waals surface area (Å²) in [4.78, 5) is 40.3. The molecule has 0 unspecified atom stereocenters. The normalized spacial score (nSPS) is 12.1. The van der Waals surface area contributed by atoms with Crippen LogP contribution in [0.3, 0.4) is 0 Å². The molecule has 4 aromatic rings. The zero-order valence-electron chi connectivity index (χ0n) is 19.5. The van der Waals surface area contributed by atoms with Crippen molar-refractivity contribution in [3.05, 3.63) is 93.8 Å². The molecule has 0 aliphatic heterocycles. The van der Waals surface area contributed by atoms with E-state index in [1.807, 2.05) is 0 Å². The Kier molecular flexibility index (Phi) is 6.25. The number of fused-ring (bicyclic) bond motifs is 1. The number of thiophene rings is 1. The van der Waals surface area contributed by atoms with Gasteiger partial charge in [-0.1, -0.05) is 41.7 Å². The molecular weight excluding hydrogens is 493 g/mol. The molecule has 186 valence electrons. The standard InChI is InChI=1S/C26H21F3N2O4S/c1-25(2,3)31(24(34)35)23-20(21(33)15-8-7-9-16(14-15)26(27,28)29)18-12-13-19(32)30(22(18)36-23)17-10-5-4-6-11-17/h4-14H,1-3H3,(H,34,35). The smallest absolute Gasteiger partial charge is 0.416 e. The first-order valence-corrected chi connectivity index (χ1v) is 11.6. The van der Waals surface area contributed by atoms with Crippen molar-refractivity contribution in [2.24, 2.45) is 0 Å². The number of anilines is 1. The molecule has 0 atom stereocenters. The van der Waals surface area contributed by atoms with E-state index in [0.29, 0.717) is 10.5 Å². The fraction of sp³-hybridized carbons (Fsp3) is 0.192. The summed E-state index contributed by atoms with van der Waals surface area (Å²) in [6, 6.07) is 15.2. The van der Waals surface area contributed by atoms with Crippen LogP contribution in [0.4, 0.5) is 23.0 Å². The second-order valence-corrected chi connectivity index (χ2v) is 10.0. The van der Waals surface area contributed by atoms with E-state index in [1.165, 1.54) is 22.8 Å². The van der Waals surface area contributed by atoms with E-state index in [9.17, 15) is 32.7 Å². The molecule has 36 heavy (non-hydrogen) atoms. The average molecular weight is 515 g/mol. The van der Waals surface area contributed by atoms with Crippen LogP contribution in [-0.4, -0.2) is 27.1 Å². The molecule has 0 aliphatic rings. The van der Waals surface area contributed by atoms with Crippen LogP contribution in [0.15, 0.2) is 71.5 Å². The van der Waals surface area contributed by atoms with Crippen LogP contribution >= 0.6 is 11.3 Å². The molecule has 0 fully saturated rings. The second kappa shape index (κ2) is 8.94. The molecule has 0 spiro atoms. The summed E-state index contributed by atoms with van der Waals surface area (Å²) in [7, 11) is 0. The van der Waals surface area contributed by atoms with Gasteiger partial charge >= 0.3 is 12.3 Å². The number of carboxylic acid groups (broad SMARTS) is 1. The highest BCUT2D eigenvalue weighted by molar-refractivity contribution is 7.23. The predicted molar refractivity (Wildman–Crippen MR) is 133 cm³/mol. The SMILES string of the molecule is CC(C)(C)N(C(=O)O)c1sc2c(ccc(=O)n2-c2ccccc2)c1C(=O)c1cccc(C(F)(F)F)c1. The number of para-hydroxylation sites is 1. The summed E-state index contributed by atoms with van der Waals surface area (Å²) in [6.45, 7) is 4.90. The monoisotopic (exact) mass is 514 g/mol. The number of hydrogen-bond acceptors (Lipinski definition) is 4. The van der Waals surface area contributed by atoms with Gasteiger partial charge in [0.2, 0.25) is 0 Å². The number of pyridine rings is 1. The van der Waals surface area contributed by atoms with Crippen molar-refractivity contribution in [3.63, 3.8) is 0 Å². The van der Waals surface area contributed by atoms with Crippen LogP contribution in [0.25, 0.3) is 15.9 Å². The largest absolute Gasteiger partial charge is 0.465 e. The number of ketones is 1. The number of halogens is 3. The van der Waals surface area contributed by atoms with Gasteiger partial charge in [0.15, 0.2) is 5.78 Å². The number of carbonyl (C=O) groups excluding carboxylic acids is 1. The molecule has 0 saturated heterocycles. The van der Waals surface area contributed by atoms with Crippen LogP contribution in [-0.2, 0) is 6.18 Å². The van der Waals surface area contributed by atoms with E-state index in [2.05, 4.69) is 0 Å². The minimum absolute atomic E-state index is 0.0164. The lowest BCUT2D eigenvalue weighted by molar-refractivity contribution is -0.137. The Bertz CT molecular complexity index is 1530. The zero-order chi connectivity index (χ0) is 26.4. The van der Waals surface area contributed by atoms with Gasteiger partial charge in [-0.2, -0.15) is 13.2 Å². The van der Waals surface area contributed by atoms with E-state index in [-0.39, 0.29) is 21.5 Å². The number of alkyl halides is 3. The van der Waals surface area contributed by atoms with E-state index in [1.54, 1.807) is 51.1 Å². The Morgan fingerprint density at radius 3 is 2.19 bits per heavy atom. The molecule has 0 saturated carbocycles. The number of carbonyl (C=O) groups is 2. The molecule has 1 N–H and O–H groups in total. The number of hydrogen-bond donors (Lipinski definition) is 1. The number of amides is 1. The van der Waals surface area contributed by atoms with E-state index in [0.717, 1.165) is 34.4 Å². The van der Waals surface area contributed by atoms with Crippen molar-refractivity contribution < 1.29 is 27.9 Å². The lowest BCUT2D eigenvalue weighted by Gasteiger charge is -2.32. The quantitative estimate of drug-likeness (QED) is 0.312. The number of benzene rings is 2. The number of nitrogens with zero attached hydrogens (tertiary/aromatic N) is 2. The lowest BCUT2D eigenvalue weighted by atomic mass is 9.99. The van der Waals surface area contributed by atoms with Gasteiger partial charge in [-0.3, -0.25) is 19.1 Å². The zero-order valence-corrected chi connectivity index (χ0v) is 20.3. The maximum atomic E-state index is 13.7. The van der Waals surface area contributed by atoms with Gasteiger partial charge in [-0.05, 0) is 51.1 Å². The Hall–Kier alpha value is -3.92. The fourth-order valence-corrected chi connectivity index (χ4v) is 5.43. The molecule has 4 rings (SSSR count). The number of rotatable bonds is 4. The minimum atomic E-state index is -4.66. The summed E-state index contributed by atoms with van der Waals surface area (Å²) in [5.41, 5.74) is -2.25. The fourth-order valence-electron chi connectivity index (χ4n) is 3.93. The van der Waals surface area contributed by atoms with Gasteiger partial charge in [-0.25, -0.2) is 4.79 Å². The second-order valence-electron chi connectivity index (χ2n) is 9.04. The lowest BCUT2D eigenvalue weighted by Crippen LogP contribution is -2.45. The maximum absolute atomic E-state index is 13.7. The van der Waals surface area contributed by atoms with Crippen molar-refractivity contribution >= 4 is 38.4 Å². The molecule has 0 radical (unpaired) electrons. The highest BCUT2D eigenvalue weighted by Gasteiger charge is 2.36. The first kappa shape index (κ1) is 25.2. The molecule has 0 bridgehead atoms. The van der Waals surface area contributed by atoms with E-state index >= 15 is 0 Å². The summed E-state index contributed by atoms with van der Waals surface area (Å²) < 4.78 is 41.4. The Morgan fingerprint density at radius 1 is 0.944 bits per heavy atom. The molecule has 2 aromatic carbocycles. The summed E-state index contributed by atoms with van der Waals surface area (Å²) in [6.07, 6.45) is -6.01. The maximum Gasteiger partial charge on any atom is 0.416 e. The first-order valence-electron chi connectivity index (χ1n) is 10.8. The summed E-state index contributed by atoms with van der Waals surface area (Å²) >= 11 is 0.921. The van der Waals surface area contributed by atoms with Gasteiger partial charge in [0.25, 0.3) is 5.56 Å². The van der Waals surface area contributed by atoms with Gasteiger partial charge < -0.3 is 5.11 Å². The van der Waals surface area contributed by atoms with Crippen LogP contribution in [0, 0.1) is 0 Å². The Labute approximate surface area is 207 Å². The summed E-state index contributed by atoms with van der Waals surface area (Å²) in [5, 5.41) is 10.3. The molecular formula is C26H21F3N2O4S. The van der Waals surface area contributed by atoms with Crippen molar-refractivity contribution in [1.29, 1.82) is 0 Å². The van der Waals surface area contributed by atoms with Gasteiger partial charge in [-0.15, -0.1) is 0 Å². The topological polar surface area (TPSA) is 79.6 Å². The first-order chi connectivity index (χ1) is 16.8. The van der Waals surface area contributed by atoms with Crippen LogP contribution < -0.4 is 10.5 Å². The molecule has 0 aliphatic carbocycles. The molecule has 1 amide bonds. The van der Waals surface area contributed by atoms with E-state index in [4.69, 9.17) is 0 Å². The van der Waals surface area contributed by atoms with Crippen molar-refractivity contribution in [1.82, 2.24) is 4.57 Å². The van der Waals surface area contributed by atoms with Crippen LogP contribution in [0.2, 0.25) is 0 Å².